The molecule has 0 radical (unpaired) electrons. The van der Waals surface area contributed by atoms with Gasteiger partial charge in [-0.3, -0.25) is 0 Å². The first-order chi connectivity index (χ1) is 11.2. The number of aromatic nitrogens is 2. The van der Waals surface area contributed by atoms with Gasteiger partial charge in [0.15, 0.2) is 17.6 Å². The quantitative estimate of drug-likeness (QED) is 0.708. The van der Waals surface area contributed by atoms with Crippen LogP contribution in [0.3, 0.4) is 0 Å². The van der Waals surface area contributed by atoms with Gasteiger partial charge in [0.05, 0.1) is 23.6 Å². The predicted molar refractivity (Wildman–Crippen MR) is 84.4 cm³/mol. The molecule has 0 saturated carbocycles. The summed E-state index contributed by atoms with van der Waals surface area (Å²) in [7, 11) is 1.52. The van der Waals surface area contributed by atoms with E-state index in [9.17, 15) is 0 Å². The van der Waals surface area contributed by atoms with Crippen molar-refractivity contribution in [1.82, 2.24) is 10.2 Å². The van der Waals surface area contributed by atoms with Gasteiger partial charge in [-0.15, -0.1) is 21.5 Å². The topological polar surface area (TPSA) is 81.2 Å². The van der Waals surface area contributed by atoms with Crippen molar-refractivity contribution < 1.29 is 13.9 Å². The molecule has 7 heteroatoms. The molecule has 3 rings (SSSR count). The molecule has 2 heterocycles. The van der Waals surface area contributed by atoms with Gasteiger partial charge in [-0.2, -0.15) is 5.26 Å². The molecule has 3 aromatic rings. The van der Waals surface area contributed by atoms with Crippen molar-refractivity contribution in [2.24, 2.45) is 0 Å². The van der Waals surface area contributed by atoms with Crippen molar-refractivity contribution in [1.29, 1.82) is 5.26 Å². The number of thiophene rings is 1. The van der Waals surface area contributed by atoms with Gasteiger partial charge in [-0.1, -0.05) is 6.07 Å². The van der Waals surface area contributed by atoms with E-state index in [-0.39, 0.29) is 0 Å². The molecule has 0 aliphatic heterocycles. The van der Waals surface area contributed by atoms with Gasteiger partial charge in [0.1, 0.15) is 0 Å². The molecule has 116 valence electrons. The van der Waals surface area contributed by atoms with Crippen molar-refractivity contribution in [2.75, 3.05) is 7.11 Å². The zero-order valence-electron chi connectivity index (χ0n) is 12.5. The smallest absolute Gasteiger partial charge is 0.257 e. The number of hydrogen-bond acceptors (Lipinski definition) is 7. The summed E-state index contributed by atoms with van der Waals surface area (Å²) in [4.78, 5) is 0.909. The molecule has 0 saturated heterocycles. The zero-order valence-corrected chi connectivity index (χ0v) is 13.3. The lowest BCUT2D eigenvalue weighted by molar-refractivity contribution is 0.182. The lowest BCUT2D eigenvalue weighted by Crippen LogP contribution is -2.04. The molecule has 23 heavy (non-hydrogen) atoms. The second kappa shape index (κ2) is 6.50. The average molecular weight is 327 g/mol. The Morgan fingerprint density at radius 1 is 1.26 bits per heavy atom. The summed E-state index contributed by atoms with van der Waals surface area (Å²) in [5.74, 6) is 1.83. The summed E-state index contributed by atoms with van der Waals surface area (Å²) in [6, 6.07) is 10.9. The SMILES string of the molecule is COc1cc(C#N)ccc1O[C@@H](C)c1nnc(-c2cccs2)o1. The van der Waals surface area contributed by atoms with E-state index in [2.05, 4.69) is 16.3 Å². The van der Waals surface area contributed by atoms with Gasteiger partial charge in [0.25, 0.3) is 11.8 Å². The largest absolute Gasteiger partial charge is 0.493 e. The predicted octanol–water partition coefficient (Wildman–Crippen LogP) is 3.82. The second-order valence-corrected chi connectivity index (χ2v) is 5.61. The van der Waals surface area contributed by atoms with Crippen molar-refractivity contribution in [3.63, 3.8) is 0 Å². The summed E-state index contributed by atoms with van der Waals surface area (Å²) < 4.78 is 16.7. The number of methoxy groups -OCH3 is 1. The van der Waals surface area contributed by atoms with E-state index in [0.29, 0.717) is 28.8 Å². The lowest BCUT2D eigenvalue weighted by Gasteiger charge is -2.14. The molecular formula is C16H13N3O3S. The van der Waals surface area contributed by atoms with Crippen LogP contribution in [-0.4, -0.2) is 17.3 Å². The number of rotatable bonds is 5. The van der Waals surface area contributed by atoms with Gasteiger partial charge < -0.3 is 13.9 Å². The average Bonchev–Trinajstić information content (AvgIpc) is 3.26. The minimum atomic E-state index is -0.446. The standard InChI is InChI=1S/C16H13N3O3S/c1-10(15-18-19-16(22-15)14-4-3-7-23-14)21-12-6-5-11(9-17)8-13(12)20-2/h3-8,10H,1-2H3/t10-/m0/s1. The monoisotopic (exact) mass is 327 g/mol. The first-order valence-corrected chi connectivity index (χ1v) is 7.71. The van der Waals surface area contributed by atoms with Crippen molar-refractivity contribution in [3.8, 4) is 28.3 Å². The Hall–Kier alpha value is -2.85. The van der Waals surface area contributed by atoms with Crippen molar-refractivity contribution in [3.05, 3.63) is 47.2 Å². The normalized spacial score (nSPS) is 11.7. The lowest BCUT2D eigenvalue weighted by atomic mass is 10.2. The number of nitriles is 1. The Kier molecular flexibility index (Phi) is 4.26. The third-order valence-corrected chi connectivity index (χ3v) is 3.97. The van der Waals surface area contributed by atoms with Crippen LogP contribution in [0.2, 0.25) is 0 Å². The van der Waals surface area contributed by atoms with E-state index in [1.807, 2.05) is 24.4 Å². The van der Waals surface area contributed by atoms with E-state index in [1.165, 1.54) is 18.4 Å². The van der Waals surface area contributed by atoms with Gasteiger partial charge in [-0.25, -0.2) is 0 Å². The van der Waals surface area contributed by atoms with E-state index in [4.69, 9.17) is 19.2 Å². The summed E-state index contributed by atoms with van der Waals surface area (Å²) in [6.07, 6.45) is -0.446. The molecule has 0 amide bonds. The molecule has 0 unspecified atom stereocenters. The first-order valence-electron chi connectivity index (χ1n) is 6.83. The highest BCUT2D eigenvalue weighted by atomic mass is 32.1. The molecule has 0 aliphatic rings. The van der Waals surface area contributed by atoms with Crippen LogP contribution in [0.15, 0.2) is 40.1 Å². The number of nitrogens with zero attached hydrogens (tertiary/aromatic N) is 3. The van der Waals surface area contributed by atoms with Crippen molar-refractivity contribution in [2.45, 2.75) is 13.0 Å². The fourth-order valence-electron chi connectivity index (χ4n) is 1.97. The van der Waals surface area contributed by atoms with Gasteiger partial charge in [0, 0.05) is 6.07 Å². The summed E-state index contributed by atoms with van der Waals surface area (Å²) in [5.41, 5.74) is 0.500. The molecule has 2 aromatic heterocycles. The maximum absolute atomic E-state index is 8.92. The van der Waals surface area contributed by atoms with E-state index in [0.717, 1.165) is 4.88 Å². The van der Waals surface area contributed by atoms with Crippen LogP contribution < -0.4 is 9.47 Å². The Bertz CT molecular complexity index is 837. The highest BCUT2D eigenvalue weighted by Gasteiger charge is 2.18. The molecule has 0 bridgehead atoms. The highest BCUT2D eigenvalue weighted by molar-refractivity contribution is 7.13. The molecule has 6 nitrogen and oxygen atoms in total. The van der Waals surface area contributed by atoms with Gasteiger partial charge in [0.2, 0.25) is 0 Å². The van der Waals surface area contributed by atoms with Crippen LogP contribution in [-0.2, 0) is 0 Å². The Morgan fingerprint density at radius 3 is 2.83 bits per heavy atom. The van der Waals surface area contributed by atoms with Crippen molar-refractivity contribution >= 4 is 11.3 Å². The highest BCUT2D eigenvalue weighted by Crippen LogP contribution is 2.32. The minimum Gasteiger partial charge on any atom is -0.493 e. The number of hydrogen-bond donors (Lipinski definition) is 0. The van der Waals surface area contributed by atoms with E-state index < -0.39 is 6.10 Å². The first kappa shape index (κ1) is 15.1. The summed E-state index contributed by atoms with van der Waals surface area (Å²) in [5, 5.41) is 18.9. The fourth-order valence-corrected chi connectivity index (χ4v) is 2.62. The zero-order chi connectivity index (χ0) is 16.2. The van der Waals surface area contributed by atoms with Gasteiger partial charge in [-0.05, 0) is 30.5 Å². The fraction of sp³-hybridized carbons (Fsp3) is 0.188. The molecule has 0 spiro atoms. The number of benzene rings is 1. The van der Waals surface area contributed by atoms with Crippen LogP contribution in [0.5, 0.6) is 11.5 Å². The maximum atomic E-state index is 8.92. The minimum absolute atomic E-state index is 0.375. The van der Waals surface area contributed by atoms with Crippen LogP contribution in [0.1, 0.15) is 24.5 Å². The molecular weight excluding hydrogens is 314 g/mol. The third-order valence-electron chi connectivity index (χ3n) is 3.12. The Morgan fingerprint density at radius 2 is 2.13 bits per heavy atom. The molecule has 0 fully saturated rings. The molecule has 0 N–H and O–H groups in total. The third kappa shape index (κ3) is 3.17. The van der Waals surface area contributed by atoms with Crippen LogP contribution in [0.4, 0.5) is 0 Å². The second-order valence-electron chi connectivity index (χ2n) is 4.66. The summed E-state index contributed by atoms with van der Waals surface area (Å²) >= 11 is 1.53. The van der Waals surface area contributed by atoms with Crippen LogP contribution in [0, 0.1) is 11.3 Å². The molecule has 0 aliphatic carbocycles. The Labute approximate surface area is 136 Å². The van der Waals surface area contributed by atoms with E-state index >= 15 is 0 Å². The number of ether oxygens (including phenoxy) is 2. The summed E-state index contributed by atoms with van der Waals surface area (Å²) in [6.45, 7) is 1.81. The Balaban J connectivity index is 1.80. The van der Waals surface area contributed by atoms with Crippen LogP contribution in [0.25, 0.3) is 10.8 Å². The van der Waals surface area contributed by atoms with Gasteiger partial charge >= 0.3 is 0 Å². The van der Waals surface area contributed by atoms with E-state index in [1.54, 1.807) is 18.2 Å². The molecule has 1 aromatic carbocycles. The van der Waals surface area contributed by atoms with Crippen LogP contribution >= 0.6 is 11.3 Å². The maximum Gasteiger partial charge on any atom is 0.257 e. The molecule has 1 atom stereocenters.